The van der Waals surface area contributed by atoms with E-state index in [2.05, 4.69) is 19.1 Å². The molecule has 3 rings (SSSR count). The molecule has 31 heavy (non-hydrogen) atoms. The Hall–Kier alpha value is -3.54. The van der Waals surface area contributed by atoms with Gasteiger partial charge in [0.25, 0.3) is 0 Å². The molecule has 0 saturated heterocycles. The molecule has 6 nitrogen and oxygen atoms in total. The van der Waals surface area contributed by atoms with Crippen molar-refractivity contribution >= 4 is 16.9 Å². The summed E-state index contributed by atoms with van der Waals surface area (Å²) in [5.74, 6) is -0.140. The summed E-state index contributed by atoms with van der Waals surface area (Å²) in [7, 11) is 0. The number of fused-ring (bicyclic) bond motifs is 1. The van der Waals surface area contributed by atoms with Gasteiger partial charge >= 0.3 is 11.6 Å². The molecule has 3 aromatic rings. The molecule has 0 bridgehead atoms. The summed E-state index contributed by atoms with van der Waals surface area (Å²) in [6.45, 7) is 6.12. The van der Waals surface area contributed by atoms with E-state index in [0.29, 0.717) is 23.3 Å². The molecular weight excluding hydrogens is 396 g/mol. The third kappa shape index (κ3) is 5.75. The van der Waals surface area contributed by atoms with Crippen LogP contribution >= 0.6 is 0 Å². The average Bonchev–Trinajstić information content (AvgIpc) is 2.76. The van der Waals surface area contributed by atoms with Crippen molar-refractivity contribution in [2.45, 2.75) is 39.7 Å². The van der Waals surface area contributed by atoms with Gasteiger partial charge in [0.05, 0.1) is 23.7 Å². The first-order chi connectivity index (χ1) is 15.0. The zero-order chi connectivity index (χ0) is 22.2. The first-order valence-corrected chi connectivity index (χ1v) is 10.3. The van der Waals surface area contributed by atoms with Crippen LogP contribution < -0.4 is 19.8 Å². The Kier molecular flexibility index (Phi) is 7.49. The molecule has 0 saturated carbocycles. The first-order valence-electron chi connectivity index (χ1n) is 10.3. The van der Waals surface area contributed by atoms with E-state index in [4.69, 9.17) is 18.6 Å². The van der Waals surface area contributed by atoms with Crippen LogP contribution in [0, 0.1) is 0 Å². The molecule has 1 heterocycles. The Morgan fingerprint density at radius 2 is 1.84 bits per heavy atom. The van der Waals surface area contributed by atoms with Crippen LogP contribution in [-0.4, -0.2) is 18.7 Å². The summed E-state index contributed by atoms with van der Waals surface area (Å²) in [6, 6.07) is 13.6. The zero-order valence-electron chi connectivity index (χ0n) is 17.9. The number of carbonyl (C=O) groups excluding carboxylic acids is 1. The molecule has 0 N–H and O–H groups in total. The number of rotatable bonds is 9. The van der Waals surface area contributed by atoms with Gasteiger partial charge in [-0.1, -0.05) is 37.3 Å². The largest absolute Gasteiger partial charge is 0.493 e. The Bertz CT molecular complexity index is 1110. The number of hydrogen-bond acceptors (Lipinski definition) is 6. The van der Waals surface area contributed by atoms with Crippen LogP contribution in [0.4, 0.5) is 0 Å². The van der Waals surface area contributed by atoms with E-state index in [1.807, 2.05) is 0 Å². The molecule has 2 aromatic carbocycles. The summed E-state index contributed by atoms with van der Waals surface area (Å²) >= 11 is 0. The predicted octanol–water partition coefficient (Wildman–Crippen LogP) is 5.53. The minimum Gasteiger partial charge on any atom is -0.493 e. The Morgan fingerprint density at radius 3 is 2.55 bits per heavy atom. The highest BCUT2D eigenvalue weighted by molar-refractivity contribution is 5.95. The van der Waals surface area contributed by atoms with Gasteiger partial charge in [-0.25, -0.2) is 9.59 Å². The normalized spacial score (nSPS) is 11.2. The maximum absolute atomic E-state index is 12.7. The Balaban J connectivity index is 1.97. The van der Waals surface area contributed by atoms with Gasteiger partial charge in [0, 0.05) is 6.07 Å². The van der Waals surface area contributed by atoms with Gasteiger partial charge in [-0.15, -0.1) is 0 Å². The van der Waals surface area contributed by atoms with Crippen LogP contribution in [0.3, 0.4) is 0 Å². The minimum absolute atomic E-state index is 0.0335. The molecule has 0 atom stereocenters. The number of ether oxygens (including phenoxy) is 3. The van der Waals surface area contributed by atoms with Crippen LogP contribution in [0.5, 0.6) is 17.2 Å². The highest BCUT2D eigenvalue weighted by atomic mass is 16.6. The molecule has 6 heteroatoms. The highest BCUT2D eigenvalue weighted by Gasteiger charge is 2.22. The quantitative estimate of drug-likeness (QED) is 0.195. The average molecular weight is 422 g/mol. The van der Waals surface area contributed by atoms with Crippen LogP contribution in [0.25, 0.3) is 11.0 Å². The van der Waals surface area contributed by atoms with Crippen LogP contribution in [0.1, 0.15) is 44.0 Å². The molecule has 162 valence electrons. The van der Waals surface area contributed by atoms with E-state index >= 15 is 0 Å². The number of allylic oxidation sites excluding steroid dienone is 1. The van der Waals surface area contributed by atoms with Gasteiger partial charge in [-0.2, -0.15) is 0 Å². The van der Waals surface area contributed by atoms with Crippen molar-refractivity contribution in [2.75, 3.05) is 6.61 Å². The summed E-state index contributed by atoms with van der Waals surface area (Å²) < 4.78 is 22.4. The van der Waals surface area contributed by atoms with Crippen molar-refractivity contribution in [1.29, 1.82) is 0 Å². The van der Waals surface area contributed by atoms with Crippen LogP contribution in [0.2, 0.25) is 0 Å². The number of esters is 1. The second kappa shape index (κ2) is 10.5. The van der Waals surface area contributed by atoms with E-state index in [9.17, 15) is 9.59 Å². The lowest BCUT2D eigenvalue weighted by Crippen LogP contribution is -2.17. The fraction of sp³-hybridized carbons (Fsp3) is 0.280. The summed E-state index contributed by atoms with van der Waals surface area (Å²) in [6.07, 6.45) is 5.57. The van der Waals surface area contributed by atoms with Gasteiger partial charge in [-0.05, 0) is 51.0 Å². The Morgan fingerprint density at radius 1 is 1.06 bits per heavy atom. The fourth-order valence-electron chi connectivity index (χ4n) is 2.92. The van der Waals surface area contributed by atoms with E-state index in [1.54, 1.807) is 62.4 Å². The lowest BCUT2D eigenvalue weighted by Gasteiger charge is -2.15. The second-order valence-electron chi connectivity index (χ2n) is 7.14. The standard InChI is InChI=1S/C25H26O6/c1-4-5-6-10-15-28-19-13-14-20-21(16-19)30-25(27)23(29-17(2)3)22(20)31-24(26)18-11-8-7-9-12-18/h5-9,11-14,16-17H,4,10,15H2,1-3H3. The van der Waals surface area contributed by atoms with Crippen molar-refractivity contribution in [3.8, 4) is 17.2 Å². The topological polar surface area (TPSA) is 75.0 Å². The maximum atomic E-state index is 12.7. The molecule has 0 aliphatic carbocycles. The number of hydrogen-bond donors (Lipinski definition) is 0. The van der Waals surface area contributed by atoms with Crippen molar-refractivity contribution in [3.05, 3.63) is 76.7 Å². The molecule has 0 spiro atoms. The van der Waals surface area contributed by atoms with Gasteiger partial charge in [0.2, 0.25) is 5.75 Å². The molecular formula is C25H26O6. The van der Waals surface area contributed by atoms with Crippen molar-refractivity contribution < 1.29 is 23.4 Å². The lowest BCUT2D eigenvalue weighted by atomic mass is 10.2. The summed E-state index contributed by atoms with van der Waals surface area (Å²) in [5.41, 5.74) is -0.113. The number of benzene rings is 2. The van der Waals surface area contributed by atoms with Crippen molar-refractivity contribution in [1.82, 2.24) is 0 Å². The molecule has 0 radical (unpaired) electrons. The molecule has 0 amide bonds. The monoisotopic (exact) mass is 422 g/mol. The molecule has 1 aromatic heterocycles. The SMILES string of the molecule is CCC=CCCOc1ccc2c(OC(=O)c3ccccc3)c(OC(C)C)c(=O)oc2c1. The van der Waals surface area contributed by atoms with Gasteiger partial charge in [0.15, 0.2) is 5.75 Å². The highest BCUT2D eigenvalue weighted by Crippen LogP contribution is 2.35. The van der Waals surface area contributed by atoms with E-state index < -0.39 is 11.6 Å². The lowest BCUT2D eigenvalue weighted by molar-refractivity contribution is 0.0726. The van der Waals surface area contributed by atoms with Gasteiger partial charge < -0.3 is 18.6 Å². The van der Waals surface area contributed by atoms with Crippen molar-refractivity contribution in [3.63, 3.8) is 0 Å². The van der Waals surface area contributed by atoms with E-state index in [1.165, 1.54) is 0 Å². The van der Waals surface area contributed by atoms with E-state index in [-0.39, 0.29) is 23.2 Å². The van der Waals surface area contributed by atoms with Crippen LogP contribution in [0.15, 0.2) is 69.9 Å². The third-order valence-corrected chi connectivity index (χ3v) is 4.31. The summed E-state index contributed by atoms with van der Waals surface area (Å²) in [4.78, 5) is 25.3. The second-order valence-corrected chi connectivity index (χ2v) is 7.14. The number of carbonyl (C=O) groups is 1. The molecule has 0 aliphatic heterocycles. The van der Waals surface area contributed by atoms with Gasteiger partial charge in [0.1, 0.15) is 11.3 Å². The minimum atomic E-state index is -0.722. The van der Waals surface area contributed by atoms with Crippen LogP contribution in [-0.2, 0) is 0 Å². The third-order valence-electron chi connectivity index (χ3n) is 4.31. The van der Waals surface area contributed by atoms with E-state index in [0.717, 1.165) is 12.8 Å². The smallest absolute Gasteiger partial charge is 0.383 e. The summed E-state index contributed by atoms with van der Waals surface area (Å²) in [5, 5.41) is 0.442. The fourth-order valence-corrected chi connectivity index (χ4v) is 2.92. The predicted molar refractivity (Wildman–Crippen MR) is 119 cm³/mol. The first kappa shape index (κ1) is 22.2. The zero-order valence-corrected chi connectivity index (χ0v) is 17.9. The molecule has 0 aliphatic rings. The van der Waals surface area contributed by atoms with Crippen molar-refractivity contribution in [2.24, 2.45) is 0 Å². The maximum Gasteiger partial charge on any atom is 0.383 e. The molecule has 0 fully saturated rings. The van der Waals surface area contributed by atoms with Gasteiger partial charge in [-0.3, -0.25) is 0 Å². The Labute approximate surface area is 181 Å². The molecule has 0 unspecified atom stereocenters.